The van der Waals surface area contributed by atoms with Crippen LogP contribution in [-0.2, 0) is 0 Å². The number of benzene rings is 1. The first-order chi connectivity index (χ1) is 11.5. The zero-order chi connectivity index (χ0) is 17.1. The number of hydrogen-bond donors (Lipinski definition) is 2. The van der Waals surface area contributed by atoms with E-state index in [4.69, 9.17) is 0 Å². The van der Waals surface area contributed by atoms with Crippen molar-refractivity contribution < 1.29 is 4.79 Å². The first-order valence-corrected chi connectivity index (χ1v) is 9.00. The normalized spacial score (nSPS) is 14.6. The molecular weight excluding hydrogens is 368 g/mol. The van der Waals surface area contributed by atoms with E-state index in [9.17, 15) is 4.79 Å². The second-order valence-electron chi connectivity index (χ2n) is 6.23. The molecule has 24 heavy (non-hydrogen) atoms. The summed E-state index contributed by atoms with van der Waals surface area (Å²) in [5, 5.41) is 6.31. The van der Waals surface area contributed by atoms with Crippen LogP contribution in [0.3, 0.4) is 0 Å². The maximum atomic E-state index is 12.4. The molecule has 1 fully saturated rings. The van der Waals surface area contributed by atoms with E-state index in [1.165, 1.54) is 12.8 Å². The van der Waals surface area contributed by atoms with E-state index in [2.05, 4.69) is 36.5 Å². The molecule has 0 unspecified atom stereocenters. The molecule has 1 aromatic heterocycles. The molecule has 1 aliphatic rings. The summed E-state index contributed by atoms with van der Waals surface area (Å²) >= 11 is 3.52. The fraction of sp³-hybridized carbons (Fsp3) is 0.389. The average Bonchev–Trinajstić information content (AvgIpc) is 3.03. The Morgan fingerprint density at radius 1 is 1.17 bits per heavy atom. The van der Waals surface area contributed by atoms with Crippen LogP contribution in [0.25, 0.3) is 0 Å². The molecule has 0 spiro atoms. The van der Waals surface area contributed by atoms with Crippen LogP contribution in [0.2, 0.25) is 0 Å². The molecule has 0 radical (unpaired) electrons. The van der Waals surface area contributed by atoms with E-state index >= 15 is 0 Å². The van der Waals surface area contributed by atoms with Crippen molar-refractivity contribution in [2.45, 2.75) is 45.6 Å². The lowest BCUT2D eigenvalue weighted by atomic mass is 10.2. The van der Waals surface area contributed by atoms with Gasteiger partial charge in [-0.15, -0.1) is 0 Å². The summed E-state index contributed by atoms with van der Waals surface area (Å²) in [5.41, 5.74) is 2.48. The summed E-state index contributed by atoms with van der Waals surface area (Å²) < 4.78 is 1.03. The molecule has 1 amide bonds. The largest absolute Gasteiger partial charge is 0.348 e. The van der Waals surface area contributed by atoms with Crippen LogP contribution in [0, 0.1) is 13.8 Å². The van der Waals surface area contributed by atoms with Gasteiger partial charge in [-0.3, -0.25) is 4.79 Å². The predicted octanol–water partition coefficient (Wildman–Crippen LogP) is 4.27. The molecule has 2 aromatic rings. The number of rotatable bonds is 4. The Balaban J connectivity index is 1.77. The Bertz CT molecular complexity index is 757. The van der Waals surface area contributed by atoms with E-state index < -0.39 is 0 Å². The van der Waals surface area contributed by atoms with Gasteiger partial charge in [0.15, 0.2) is 0 Å². The highest BCUT2D eigenvalue weighted by molar-refractivity contribution is 9.10. The molecule has 126 valence electrons. The first kappa shape index (κ1) is 16.9. The topological polar surface area (TPSA) is 66.9 Å². The number of aromatic nitrogens is 2. The van der Waals surface area contributed by atoms with Crippen molar-refractivity contribution in [1.29, 1.82) is 0 Å². The SMILES string of the molecule is Cc1nc(Nc2ccc(C)c(Br)c2)cc(C(=O)NC2CCCC2)n1. The zero-order valence-electron chi connectivity index (χ0n) is 13.9. The van der Waals surface area contributed by atoms with Gasteiger partial charge < -0.3 is 10.6 Å². The Morgan fingerprint density at radius 3 is 2.62 bits per heavy atom. The lowest BCUT2D eigenvalue weighted by Gasteiger charge is -2.13. The molecule has 0 atom stereocenters. The number of halogens is 1. The van der Waals surface area contributed by atoms with Crippen LogP contribution < -0.4 is 10.6 Å². The molecule has 1 aliphatic carbocycles. The Hall–Kier alpha value is -1.95. The smallest absolute Gasteiger partial charge is 0.270 e. The van der Waals surface area contributed by atoms with Gasteiger partial charge in [0.05, 0.1) is 0 Å². The van der Waals surface area contributed by atoms with Crippen molar-refractivity contribution >= 4 is 33.3 Å². The molecule has 0 bridgehead atoms. The van der Waals surface area contributed by atoms with Gasteiger partial charge in [-0.1, -0.05) is 34.8 Å². The minimum Gasteiger partial charge on any atom is -0.348 e. The van der Waals surface area contributed by atoms with Crippen molar-refractivity contribution in [1.82, 2.24) is 15.3 Å². The summed E-state index contributed by atoms with van der Waals surface area (Å²) in [6.45, 7) is 3.83. The van der Waals surface area contributed by atoms with E-state index in [1.807, 2.05) is 25.1 Å². The van der Waals surface area contributed by atoms with Crippen LogP contribution in [-0.4, -0.2) is 21.9 Å². The monoisotopic (exact) mass is 388 g/mol. The van der Waals surface area contributed by atoms with Crippen LogP contribution >= 0.6 is 15.9 Å². The molecular formula is C18H21BrN4O. The van der Waals surface area contributed by atoms with E-state index in [1.54, 1.807) is 13.0 Å². The number of nitrogens with one attached hydrogen (secondary N) is 2. The second-order valence-corrected chi connectivity index (χ2v) is 7.08. The average molecular weight is 389 g/mol. The Kier molecular flexibility index (Phi) is 5.14. The Labute approximate surface area is 150 Å². The van der Waals surface area contributed by atoms with Crippen molar-refractivity contribution in [2.24, 2.45) is 0 Å². The van der Waals surface area contributed by atoms with Crippen molar-refractivity contribution in [3.8, 4) is 0 Å². The highest BCUT2D eigenvalue weighted by Crippen LogP contribution is 2.23. The third kappa shape index (κ3) is 4.12. The fourth-order valence-electron chi connectivity index (χ4n) is 2.90. The minimum absolute atomic E-state index is 0.125. The maximum Gasteiger partial charge on any atom is 0.270 e. The fourth-order valence-corrected chi connectivity index (χ4v) is 3.27. The zero-order valence-corrected chi connectivity index (χ0v) is 15.5. The number of aryl methyl sites for hydroxylation is 2. The summed E-state index contributed by atoms with van der Waals surface area (Å²) in [4.78, 5) is 21.1. The van der Waals surface area contributed by atoms with Gasteiger partial charge in [0, 0.05) is 22.3 Å². The summed E-state index contributed by atoms with van der Waals surface area (Å²) in [7, 11) is 0. The molecule has 1 heterocycles. The summed E-state index contributed by atoms with van der Waals surface area (Å²) in [5.74, 6) is 1.07. The van der Waals surface area contributed by atoms with Gasteiger partial charge in [-0.25, -0.2) is 9.97 Å². The number of carbonyl (C=O) groups is 1. The molecule has 5 nitrogen and oxygen atoms in total. The van der Waals surface area contributed by atoms with Crippen molar-refractivity contribution in [3.05, 3.63) is 45.8 Å². The van der Waals surface area contributed by atoms with Crippen molar-refractivity contribution in [2.75, 3.05) is 5.32 Å². The number of amides is 1. The van der Waals surface area contributed by atoms with E-state index in [0.717, 1.165) is 28.6 Å². The van der Waals surface area contributed by atoms with Crippen molar-refractivity contribution in [3.63, 3.8) is 0 Å². The summed E-state index contributed by atoms with van der Waals surface area (Å²) in [6, 6.07) is 7.97. The molecule has 0 aliphatic heterocycles. The van der Waals surface area contributed by atoms with Gasteiger partial charge in [0.1, 0.15) is 17.3 Å². The highest BCUT2D eigenvalue weighted by Gasteiger charge is 2.19. The van der Waals surface area contributed by atoms with E-state index in [-0.39, 0.29) is 11.9 Å². The van der Waals surface area contributed by atoms with Crippen LogP contribution in [0.4, 0.5) is 11.5 Å². The number of nitrogens with zero attached hydrogens (tertiary/aromatic N) is 2. The number of carbonyl (C=O) groups excluding carboxylic acids is 1. The van der Waals surface area contributed by atoms with Gasteiger partial charge in [0.25, 0.3) is 5.91 Å². The quantitative estimate of drug-likeness (QED) is 0.820. The lowest BCUT2D eigenvalue weighted by Crippen LogP contribution is -2.33. The van der Waals surface area contributed by atoms with Crippen LogP contribution in [0.15, 0.2) is 28.7 Å². The third-order valence-corrected chi connectivity index (χ3v) is 5.06. The van der Waals surface area contributed by atoms with Crippen LogP contribution in [0.5, 0.6) is 0 Å². The molecule has 1 saturated carbocycles. The second kappa shape index (κ2) is 7.30. The maximum absolute atomic E-state index is 12.4. The lowest BCUT2D eigenvalue weighted by molar-refractivity contribution is 0.0932. The van der Waals surface area contributed by atoms with Gasteiger partial charge in [-0.2, -0.15) is 0 Å². The van der Waals surface area contributed by atoms with Gasteiger partial charge in [-0.05, 0) is 44.4 Å². The molecule has 0 saturated heterocycles. The van der Waals surface area contributed by atoms with Crippen LogP contribution in [0.1, 0.15) is 47.6 Å². The van der Waals surface area contributed by atoms with Gasteiger partial charge >= 0.3 is 0 Å². The molecule has 6 heteroatoms. The van der Waals surface area contributed by atoms with E-state index in [0.29, 0.717) is 17.3 Å². The number of hydrogen-bond acceptors (Lipinski definition) is 4. The Morgan fingerprint density at radius 2 is 1.92 bits per heavy atom. The highest BCUT2D eigenvalue weighted by atomic mass is 79.9. The molecule has 3 rings (SSSR count). The first-order valence-electron chi connectivity index (χ1n) is 8.21. The predicted molar refractivity (Wildman–Crippen MR) is 98.7 cm³/mol. The number of anilines is 2. The third-order valence-electron chi connectivity index (χ3n) is 4.21. The molecule has 2 N–H and O–H groups in total. The standard InChI is InChI=1S/C18H21BrN4O/c1-11-7-8-14(9-15(11)19)22-17-10-16(20-12(2)21-17)18(24)23-13-5-3-4-6-13/h7-10,13H,3-6H2,1-2H3,(H,23,24)(H,20,21,22). The van der Waals surface area contributed by atoms with Gasteiger partial charge in [0.2, 0.25) is 0 Å². The molecule has 1 aromatic carbocycles. The minimum atomic E-state index is -0.125. The summed E-state index contributed by atoms with van der Waals surface area (Å²) in [6.07, 6.45) is 4.47.